The van der Waals surface area contributed by atoms with Gasteiger partial charge in [-0.3, -0.25) is 4.98 Å². The average Bonchev–Trinajstić information content (AvgIpc) is 3.45. The van der Waals surface area contributed by atoms with Crippen LogP contribution in [0.1, 0.15) is 30.8 Å². The van der Waals surface area contributed by atoms with Crippen LogP contribution < -0.4 is 4.74 Å². The van der Waals surface area contributed by atoms with E-state index in [4.69, 9.17) is 21.6 Å². The van der Waals surface area contributed by atoms with E-state index in [0.29, 0.717) is 40.5 Å². The molecule has 1 aliphatic heterocycles. The molecule has 4 aromatic heterocycles. The summed E-state index contributed by atoms with van der Waals surface area (Å²) < 4.78 is 22.5. The van der Waals surface area contributed by atoms with Crippen molar-refractivity contribution in [3.63, 3.8) is 0 Å². The zero-order chi connectivity index (χ0) is 26.3. The normalized spacial score (nSPS) is 19.5. The van der Waals surface area contributed by atoms with Crippen LogP contribution in [0, 0.1) is 24.2 Å². The summed E-state index contributed by atoms with van der Waals surface area (Å²) in [5.74, 6) is -0.161. The van der Waals surface area contributed by atoms with Crippen LogP contribution in [0.2, 0.25) is 5.02 Å². The van der Waals surface area contributed by atoms with Crippen molar-refractivity contribution >= 4 is 17.1 Å². The molecule has 5 heterocycles. The highest BCUT2D eigenvalue weighted by Gasteiger charge is 2.32. The monoisotopic (exact) mass is 526 g/mol. The van der Waals surface area contributed by atoms with E-state index in [0.717, 1.165) is 11.9 Å². The number of fused-ring (bicyclic) bond motifs is 1. The van der Waals surface area contributed by atoms with Crippen molar-refractivity contribution < 1.29 is 19.3 Å². The Morgan fingerprint density at radius 3 is 2.86 bits per heavy atom. The van der Waals surface area contributed by atoms with Gasteiger partial charge in [-0.05, 0) is 38.5 Å². The highest BCUT2D eigenvalue weighted by Crippen LogP contribution is 2.35. The van der Waals surface area contributed by atoms with Crippen molar-refractivity contribution in [3.8, 4) is 23.2 Å². The third kappa shape index (κ3) is 4.69. The first-order chi connectivity index (χ1) is 17.7. The van der Waals surface area contributed by atoms with Gasteiger partial charge in [0.05, 0.1) is 47.5 Å². The molecule has 2 N–H and O–H groups in total. The Kier molecular flexibility index (Phi) is 6.45. The second-order valence-corrected chi connectivity index (χ2v) is 9.65. The summed E-state index contributed by atoms with van der Waals surface area (Å²) >= 11 is 6.37. The lowest BCUT2D eigenvalue weighted by Crippen LogP contribution is -2.43. The molecule has 1 fully saturated rings. The molecular formula is C24H24ClFN8O3. The second kappa shape index (κ2) is 9.59. The molecule has 192 valence electrons. The number of likely N-dealkylation sites (tertiary alicyclic amines) is 1. The Balaban J connectivity index is 1.46. The molecule has 0 amide bonds. The molecule has 0 spiro atoms. The van der Waals surface area contributed by atoms with Crippen molar-refractivity contribution in [2.75, 3.05) is 19.7 Å². The van der Waals surface area contributed by atoms with E-state index < -0.39 is 17.5 Å². The third-order valence-electron chi connectivity index (χ3n) is 6.52. The van der Waals surface area contributed by atoms with E-state index in [-0.39, 0.29) is 24.9 Å². The standard InChI is InChI=1S/C24H24ClFN8O3/c1-14-22(30-31-34(14)18-5-6-32(13-27)11-19(18)35)15-7-20(23-17(25)9-29-33(23)10-15)37-12-24(2,36)21-4-3-16(26)8-28-21/h3-4,7-10,18-19,35-36H,5-6,11-12H2,1-2H3/t18-,19-,24?/m0/s1. The summed E-state index contributed by atoms with van der Waals surface area (Å²) in [7, 11) is 0. The smallest absolute Gasteiger partial charge is 0.179 e. The van der Waals surface area contributed by atoms with Crippen LogP contribution in [-0.2, 0) is 5.60 Å². The maximum atomic E-state index is 13.3. The van der Waals surface area contributed by atoms with Gasteiger partial charge in [0.2, 0.25) is 0 Å². The number of halogens is 2. The van der Waals surface area contributed by atoms with Gasteiger partial charge in [-0.25, -0.2) is 13.6 Å². The number of hydrogen-bond donors (Lipinski definition) is 2. The number of aliphatic hydroxyl groups excluding tert-OH is 1. The number of β-amino-alcohol motifs (C(OH)–C–C–N with tert-alkyl or cyclic N) is 1. The van der Waals surface area contributed by atoms with Gasteiger partial charge in [-0.2, -0.15) is 10.4 Å². The topological polar surface area (TPSA) is 138 Å². The zero-order valence-corrected chi connectivity index (χ0v) is 20.8. The van der Waals surface area contributed by atoms with Gasteiger partial charge < -0.3 is 19.8 Å². The van der Waals surface area contributed by atoms with Crippen molar-refractivity contribution in [3.05, 3.63) is 59.0 Å². The predicted molar refractivity (Wildman–Crippen MR) is 130 cm³/mol. The maximum Gasteiger partial charge on any atom is 0.179 e. The fourth-order valence-electron chi connectivity index (χ4n) is 4.49. The summed E-state index contributed by atoms with van der Waals surface area (Å²) in [6, 6.07) is 4.03. The molecule has 1 unspecified atom stereocenters. The number of ether oxygens (including phenoxy) is 1. The van der Waals surface area contributed by atoms with E-state index in [1.165, 1.54) is 30.2 Å². The van der Waals surface area contributed by atoms with Crippen LogP contribution in [-0.4, -0.2) is 70.5 Å². The molecule has 1 saturated heterocycles. The Morgan fingerprint density at radius 1 is 1.35 bits per heavy atom. The van der Waals surface area contributed by atoms with E-state index >= 15 is 0 Å². The van der Waals surface area contributed by atoms with Gasteiger partial charge in [0.25, 0.3) is 0 Å². The SMILES string of the molecule is Cc1c(-c2cc(OCC(C)(O)c3ccc(F)cn3)c3c(Cl)cnn3c2)nnn1[C@H]1CCN(C#N)C[C@@H]1O. The molecule has 1 aliphatic rings. The van der Waals surface area contributed by atoms with E-state index in [9.17, 15) is 14.6 Å². The molecule has 4 aromatic rings. The Bertz CT molecular complexity index is 1480. The Labute approximate surface area is 216 Å². The van der Waals surface area contributed by atoms with E-state index in [1.807, 2.05) is 6.92 Å². The van der Waals surface area contributed by atoms with Gasteiger partial charge in [0, 0.05) is 18.3 Å². The number of nitriles is 1. The number of hydrogen-bond acceptors (Lipinski definition) is 9. The second-order valence-electron chi connectivity index (χ2n) is 9.24. The van der Waals surface area contributed by atoms with Crippen LogP contribution in [0.15, 0.2) is 36.8 Å². The van der Waals surface area contributed by atoms with Crippen LogP contribution in [0.3, 0.4) is 0 Å². The van der Waals surface area contributed by atoms with Gasteiger partial charge in [-0.15, -0.1) is 5.10 Å². The molecule has 11 nitrogen and oxygen atoms in total. The molecule has 0 radical (unpaired) electrons. The van der Waals surface area contributed by atoms with Gasteiger partial charge in [-0.1, -0.05) is 16.8 Å². The average molecular weight is 527 g/mol. The van der Waals surface area contributed by atoms with Crippen LogP contribution in [0.5, 0.6) is 5.75 Å². The minimum Gasteiger partial charge on any atom is -0.488 e. The first-order valence-corrected chi connectivity index (χ1v) is 11.9. The number of aromatic nitrogens is 6. The summed E-state index contributed by atoms with van der Waals surface area (Å²) in [5, 5.41) is 43.9. The molecule has 0 aromatic carbocycles. The van der Waals surface area contributed by atoms with Crippen LogP contribution in [0.25, 0.3) is 16.8 Å². The number of aliphatic hydroxyl groups is 2. The summed E-state index contributed by atoms with van der Waals surface area (Å²) in [5.41, 5.74) is 1.15. The summed E-state index contributed by atoms with van der Waals surface area (Å²) in [4.78, 5) is 5.48. The van der Waals surface area contributed by atoms with Gasteiger partial charge >= 0.3 is 0 Å². The lowest BCUT2D eigenvalue weighted by molar-refractivity contribution is 0.00420. The summed E-state index contributed by atoms with van der Waals surface area (Å²) in [6.45, 7) is 3.93. The number of piperidine rings is 1. The quantitative estimate of drug-likeness (QED) is 0.363. The number of rotatable bonds is 6. The first-order valence-electron chi connectivity index (χ1n) is 11.6. The minimum atomic E-state index is -1.51. The highest BCUT2D eigenvalue weighted by molar-refractivity contribution is 6.34. The van der Waals surface area contributed by atoms with E-state index in [2.05, 4.69) is 26.6 Å². The van der Waals surface area contributed by atoms with E-state index in [1.54, 1.807) is 21.5 Å². The number of nitrogens with zero attached hydrogens (tertiary/aromatic N) is 8. The lowest BCUT2D eigenvalue weighted by atomic mass is 10.0. The Morgan fingerprint density at radius 2 is 2.16 bits per heavy atom. The molecule has 5 rings (SSSR count). The van der Waals surface area contributed by atoms with Crippen LogP contribution >= 0.6 is 11.6 Å². The minimum absolute atomic E-state index is 0.193. The van der Waals surface area contributed by atoms with Gasteiger partial charge in [0.15, 0.2) is 6.19 Å². The fourth-order valence-corrected chi connectivity index (χ4v) is 4.72. The van der Waals surface area contributed by atoms with Crippen LogP contribution in [0.4, 0.5) is 4.39 Å². The molecule has 37 heavy (non-hydrogen) atoms. The lowest BCUT2D eigenvalue weighted by Gasteiger charge is -2.33. The summed E-state index contributed by atoms with van der Waals surface area (Å²) in [6.07, 6.45) is 6.10. The van der Waals surface area contributed by atoms with Crippen molar-refractivity contribution in [1.29, 1.82) is 5.26 Å². The number of pyridine rings is 2. The molecule has 3 atom stereocenters. The molecule has 0 bridgehead atoms. The largest absolute Gasteiger partial charge is 0.488 e. The van der Waals surface area contributed by atoms with Crippen molar-refractivity contribution in [2.45, 2.75) is 38.0 Å². The molecule has 0 saturated carbocycles. The zero-order valence-electron chi connectivity index (χ0n) is 20.1. The maximum absolute atomic E-state index is 13.3. The first kappa shape index (κ1) is 24.9. The van der Waals surface area contributed by atoms with Gasteiger partial charge in [0.1, 0.15) is 35.0 Å². The van der Waals surface area contributed by atoms with Crippen molar-refractivity contribution in [1.82, 2.24) is 34.5 Å². The van der Waals surface area contributed by atoms with Crippen molar-refractivity contribution in [2.24, 2.45) is 0 Å². The fraction of sp³-hybridized carbons (Fsp3) is 0.375. The molecular weight excluding hydrogens is 503 g/mol. The highest BCUT2D eigenvalue weighted by atomic mass is 35.5. The third-order valence-corrected chi connectivity index (χ3v) is 6.80. The predicted octanol–water partition coefficient (Wildman–Crippen LogP) is 2.46. The molecule has 13 heteroatoms. The Hall–Kier alpha value is -3.79. The molecule has 0 aliphatic carbocycles.